The number of benzene rings is 1. The molecular weight excluding hydrogens is 301 g/mol. The molecule has 82 valence electrons. The summed E-state index contributed by atoms with van der Waals surface area (Å²) >= 11 is 2.34. The van der Waals surface area contributed by atoms with Crippen LogP contribution >= 0.6 is 22.6 Å². The van der Waals surface area contributed by atoms with Crippen molar-refractivity contribution in [3.63, 3.8) is 0 Å². The van der Waals surface area contributed by atoms with Gasteiger partial charge in [0.15, 0.2) is 0 Å². The lowest BCUT2D eigenvalue weighted by atomic mass is 10.2. The number of hydrogen-bond acceptors (Lipinski definition) is 2. The molecule has 1 aromatic carbocycles. The Balaban J connectivity index is 1.93. The molecule has 0 spiro atoms. The number of nitrogens with zero attached hydrogens (tertiary/aromatic N) is 1. The SMILES string of the molecule is CC1CN(Cc2ccc(I)cc2)CCO1. The van der Waals surface area contributed by atoms with E-state index in [2.05, 4.69) is 58.7 Å². The molecule has 0 radical (unpaired) electrons. The first-order chi connectivity index (χ1) is 7.24. The monoisotopic (exact) mass is 317 g/mol. The largest absolute Gasteiger partial charge is 0.376 e. The van der Waals surface area contributed by atoms with Gasteiger partial charge in [0.2, 0.25) is 0 Å². The van der Waals surface area contributed by atoms with E-state index < -0.39 is 0 Å². The van der Waals surface area contributed by atoms with Crippen molar-refractivity contribution in [2.45, 2.75) is 19.6 Å². The van der Waals surface area contributed by atoms with Crippen LogP contribution in [0.3, 0.4) is 0 Å². The summed E-state index contributed by atoms with van der Waals surface area (Å²) in [5.74, 6) is 0. The van der Waals surface area contributed by atoms with Gasteiger partial charge < -0.3 is 4.74 Å². The molecule has 1 aromatic rings. The molecule has 1 unspecified atom stereocenters. The summed E-state index contributed by atoms with van der Waals surface area (Å²) in [5.41, 5.74) is 1.39. The van der Waals surface area contributed by atoms with E-state index in [4.69, 9.17) is 4.74 Å². The van der Waals surface area contributed by atoms with E-state index in [0.717, 1.165) is 26.2 Å². The highest BCUT2D eigenvalue weighted by molar-refractivity contribution is 14.1. The number of rotatable bonds is 2. The number of morpholine rings is 1. The third-order valence-corrected chi connectivity index (χ3v) is 3.36. The molecule has 1 saturated heterocycles. The lowest BCUT2D eigenvalue weighted by Crippen LogP contribution is -2.40. The molecule has 0 aromatic heterocycles. The molecule has 1 aliphatic rings. The van der Waals surface area contributed by atoms with Gasteiger partial charge in [-0.25, -0.2) is 0 Å². The molecule has 3 heteroatoms. The molecule has 1 fully saturated rings. The van der Waals surface area contributed by atoms with Crippen molar-refractivity contribution in [3.8, 4) is 0 Å². The van der Waals surface area contributed by atoms with E-state index in [1.807, 2.05) is 0 Å². The molecule has 2 rings (SSSR count). The highest BCUT2D eigenvalue weighted by atomic mass is 127. The van der Waals surface area contributed by atoms with Crippen molar-refractivity contribution in [2.24, 2.45) is 0 Å². The molecule has 0 saturated carbocycles. The Kier molecular flexibility index (Phi) is 3.99. The number of ether oxygens (including phenoxy) is 1. The first kappa shape index (κ1) is 11.4. The van der Waals surface area contributed by atoms with E-state index in [0.29, 0.717) is 6.10 Å². The normalized spacial score (nSPS) is 22.9. The predicted octanol–water partition coefficient (Wildman–Crippen LogP) is 2.51. The van der Waals surface area contributed by atoms with Crippen LogP contribution in [0.1, 0.15) is 12.5 Å². The molecule has 0 aliphatic carbocycles. The van der Waals surface area contributed by atoms with Crippen LogP contribution in [0.25, 0.3) is 0 Å². The standard InChI is InChI=1S/C12H16INO/c1-10-8-14(6-7-15-10)9-11-2-4-12(13)5-3-11/h2-5,10H,6-9H2,1H3. The molecule has 1 heterocycles. The van der Waals surface area contributed by atoms with Crippen molar-refractivity contribution in [2.75, 3.05) is 19.7 Å². The molecule has 0 bridgehead atoms. The van der Waals surface area contributed by atoms with Crippen LogP contribution in [0.4, 0.5) is 0 Å². The maximum absolute atomic E-state index is 5.52. The fourth-order valence-electron chi connectivity index (χ4n) is 1.88. The van der Waals surface area contributed by atoms with Crippen LogP contribution in [-0.2, 0) is 11.3 Å². The molecule has 1 atom stereocenters. The molecule has 0 amide bonds. The van der Waals surface area contributed by atoms with Gasteiger partial charge in [0, 0.05) is 23.2 Å². The van der Waals surface area contributed by atoms with Crippen molar-refractivity contribution in [1.82, 2.24) is 4.90 Å². The van der Waals surface area contributed by atoms with Crippen molar-refractivity contribution in [1.29, 1.82) is 0 Å². The van der Waals surface area contributed by atoms with Gasteiger partial charge in [-0.05, 0) is 47.2 Å². The van der Waals surface area contributed by atoms with E-state index in [-0.39, 0.29) is 0 Å². The van der Waals surface area contributed by atoms with Gasteiger partial charge in [0.1, 0.15) is 0 Å². The Morgan fingerprint density at radius 2 is 2.13 bits per heavy atom. The summed E-state index contributed by atoms with van der Waals surface area (Å²) in [6.45, 7) is 6.15. The Morgan fingerprint density at radius 1 is 1.40 bits per heavy atom. The van der Waals surface area contributed by atoms with E-state index in [1.54, 1.807) is 0 Å². The van der Waals surface area contributed by atoms with E-state index in [9.17, 15) is 0 Å². The lowest BCUT2D eigenvalue weighted by molar-refractivity contribution is -0.0212. The van der Waals surface area contributed by atoms with Gasteiger partial charge in [-0.15, -0.1) is 0 Å². The fourth-order valence-corrected chi connectivity index (χ4v) is 2.24. The van der Waals surface area contributed by atoms with Crippen LogP contribution in [0.15, 0.2) is 24.3 Å². The topological polar surface area (TPSA) is 12.5 Å². The summed E-state index contributed by atoms with van der Waals surface area (Å²) < 4.78 is 6.82. The molecule has 1 aliphatic heterocycles. The second kappa shape index (κ2) is 5.27. The Labute approximate surface area is 105 Å². The summed E-state index contributed by atoms with van der Waals surface area (Å²) in [4.78, 5) is 2.45. The minimum Gasteiger partial charge on any atom is -0.376 e. The Hall–Kier alpha value is -0.130. The van der Waals surface area contributed by atoms with Gasteiger partial charge in [-0.1, -0.05) is 12.1 Å². The van der Waals surface area contributed by atoms with Crippen molar-refractivity contribution < 1.29 is 4.74 Å². The lowest BCUT2D eigenvalue weighted by Gasteiger charge is -2.31. The summed E-state index contributed by atoms with van der Waals surface area (Å²) in [6, 6.07) is 8.75. The van der Waals surface area contributed by atoms with Crippen LogP contribution in [0.2, 0.25) is 0 Å². The first-order valence-electron chi connectivity index (χ1n) is 5.32. The highest BCUT2D eigenvalue weighted by Gasteiger charge is 2.16. The zero-order chi connectivity index (χ0) is 10.7. The summed E-state index contributed by atoms with van der Waals surface area (Å²) in [6.07, 6.45) is 0.377. The molecule has 2 nitrogen and oxygen atoms in total. The quantitative estimate of drug-likeness (QED) is 0.777. The minimum atomic E-state index is 0.377. The van der Waals surface area contributed by atoms with E-state index in [1.165, 1.54) is 9.13 Å². The van der Waals surface area contributed by atoms with Gasteiger partial charge in [-0.3, -0.25) is 4.90 Å². The van der Waals surface area contributed by atoms with Gasteiger partial charge in [0.25, 0.3) is 0 Å². The first-order valence-corrected chi connectivity index (χ1v) is 6.40. The third-order valence-electron chi connectivity index (χ3n) is 2.64. The van der Waals surface area contributed by atoms with Crippen LogP contribution in [-0.4, -0.2) is 30.7 Å². The highest BCUT2D eigenvalue weighted by Crippen LogP contribution is 2.12. The summed E-state index contributed by atoms with van der Waals surface area (Å²) in [7, 11) is 0. The average Bonchev–Trinajstić information content (AvgIpc) is 2.22. The molecule has 15 heavy (non-hydrogen) atoms. The zero-order valence-corrected chi connectivity index (χ0v) is 11.1. The summed E-state index contributed by atoms with van der Waals surface area (Å²) in [5, 5.41) is 0. The van der Waals surface area contributed by atoms with E-state index >= 15 is 0 Å². The van der Waals surface area contributed by atoms with Crippen LogP contribution in [0.5, 0.6) is 0 Å². The zero-order valence-electron chi connectivity index (χ0n) is 8.95. The maximum Gasteiger partial charge on any atom is 0.0674 e. The smallest absolute Gasteiger partial charge is 0.0674 e. The minimum absolute atomic E-state index is 0.377. The Morgan fingerprint density at radius 3 is 2.80 bits per heavy atom. The van der Waals surface area contributed by atoms with Crippen molar-refractivity contribution in [3.05, 3.63) is 33.4 Å². The van der Waals surface area contributed by atoms with Crippen LogP contribution in [0, 0.1) is 3.57 Å². The Bertz CT molecular complexity index is 312. The second-order valence-corrected chi connectivity index (χ2v) is 5.29. The van der Waals surface area contributed by atoms with Crippen molar-refractivity contribution >= 4 is 22.6 Å². The number of halogens is 1. The fraction of sp³-hybridized carbons (Fsp3) is 0.500. The molecule has 0 N–H and O–H groups in total. The van der Waals surface area contributed by atoms with Gasteiger partial charge in [0.05, 0.1) is 12.7 Å². The second-order valence-electron chi connectivity index (χ2n) is 4.04. The third kappa shape index (κ3) is 3.43. The van der Waals surface area contributed by atoms with Gasteiger partial charge in [-0.2, -0.15) is 0 Å². The number of hydrogen-bond donors (Lipinski definition) is 0. The maximum atomic E-state index is 5.52. The van der Waals surface area contributed by atoms with Crippen LogP contribution < -0.4 is 0 Å². The average molecular weight is 317 g/mol. The molecular formula is C12H16INO. The van der Waals surface area contributed by atoms with Gasteiger partial charge >= 0.3 is 0 Å². The predicted molar refractivity (Wildman–Crippen MR) is 69.9 cm³/mol.